The minimum absolute atomic E-state index is 0.0451. The number of amides is 1. The number of aliphatic hydroxyl groups excluding tert-OH is 2. The van der Waals surface area contributed by atoms with Crippen LogP contribution in [0.1, 0.15) is 39.0 Å². The molecular formula is C11H21NO3. The SMILES string of the molecule is CCCCCC(=O)N1C[C@H](O)C[C@H]1CO. The van der Waals surface area contributed by atoms with Crippen LogP contribution in [0.4, 0.5) is 0 Å². The second-order valence-corrected chi connectivity index (χ2v) is 4.23. The molecule has 0 aromatic rings. The summed E-state index contributed by atoms with van der Waals surface area (Å²) in [4.78, 5) is 13.4. The van der Waals surface area contributed by atoms with Gasteiger partial charge in [-0.25, -0.2) is 0 Å². The van der Waals surface area contributed by atoms with Gasteiger partial charge in [0.15, 0.2) is 0 Å². The molecule has 1 aliphatic rings. The van der Waals surface area contributed by atoms with Crippen LogP contribution in [0.2, 0.25) is 0 Å². The lowest BCUT2D eigenvalue weighted by Gasteiger charge is -2.22. The molecule has 0 aliphatic carbocycles. The van der Waals surface area contributed by atoms with E-state index in [1.807, 2.05) is 0 Å². The maximum absolute atomic E-state index is 11.7. The number of aliphatic hydroxyl groups is 2. The number of carbonyl (C=O) groups excluding carboxylic acids is 1. The van der Waals surface area contributed by atoms with Gasteiger partial charge in [0.05, 0.1) is 18.8 Å². The highest BCUT2D eigenvalue weighted by atomic mass is 16.3. The lowest BCUT2D eigenvalue weighted by Crippen LogP contribution is -2.37. The van der Waals surface area contributed by atoms with Gasteiger partial charge in [0.2, 0.25) is 5.91 Å². The summed E-state index contributed by atoms with van der Waals surface area (Å²) in [7, 11) is 0. The Morgan fingerprint density at radius 2 is 2.20 bits per heavy atom. The van der Waals surface area contributed by atoms with Crippen molar-refractivity contribution in [3.05, 3.63) is 0 Å². The first kappa shape index (κ1) is 12.5. The van der Waals surface area contributed by atoms with Gasteiger partial charge < -0.3 is 15.1 Å². The van der Waals surface area contributed by atoms with Gasteiger partial charge in [-0.2, -0.15) is 0 Å². The summed E-state index contributed by atoms with van der Waals surface area (Å²) in [6, 6.07) is -0.172. The zero-order valence-corrected chi connectivity index (χ0v) is 9.35. The molecule has 1 fully saturated rings. The third kappa shape index (κ3) is 3.47. The van der Waals surface area contributed by atoms with Gasteiger partial charge in [-0.1, -0.05) is 19.8 Å². The molecule has 0 unspecified atom stereocenters. The van der Waals surface area contributed by atoms with Gasteiger partial charge >= 0.3 is 0 Å². The number of nitrogens with zero attached hydrogens (tertiary/aromatic N) is 1. The van der Waals surface area contributed by atoms with Crippen molar-refractivity contribution >= 4 is 5.91 Å². The second kappa shape index (κ2) is 6.08. The molecule has 0 aromatic heterocycles. The maximum Gasteiger partial charge on any atom is 0.222 e. The van der Waals surface area contributed by atoms with Crippen LogP contribution in [-0.4, -0.2) is 46.3 Å². The summed E-state index contributed by atoms with van der Waals surface area (Å²) in [5.41, 5.74) is 0. The van der Waals surface area contributed by atoms with E-state index in [-0.39, 0.29) is 18.6 Å². The molecule has 4 nitrogen and oxygen atoms in total. The Morgan fingerprint density at radius 1 is 1.47 bits per heavy atom. The van der Waals surface area contributed by atoms with Crippen LogP contribution in [-0.2, 0) is 4.79 Å². The molecular weight excluding hydrogens is 194 g/mol. The number of likely N-dealkylation sites (tertiary alicyclic amines) is 1. The van der Waals surface area contributed by atoms with E-state index in [1.165, 1.54) is 0 Å². The van der Waals surface area contributed by atoms with Crippen LogP contribution in [0.3, 0.4) is 0 Å². The van der Waals surface area contributed by atoms with Crippen LogP contribution in [0.5, 0.6) is 0 Å². The van der Waals surface area contributed by atoms with E-state index in [2.05, 4.69) is 6.92 Å². The average Bonchev–Trinajstić information content (AvgIpc) is 2.60. The molecule has 15 heavy (non-hydrogen) atoms. The van der Waals surface area contributed by atoms with Crippen molar-refractivity contribution in [3.8, 4) is 0 Å². The van der Waals surface area contributed by atoms with Crippen LogP contribution >= 0.6 is 0 Å². The molecule has 88 valence electrons. The fraction of sp³-hybridized carbons (Fsp3) is 0.909. The van der Waals surface area contributed by atoms with E-state index < -0.39 is 6.10 Å². The third-order valence-corrected chi connectivity index (χ3v) is 2.92. The standard InChI is InChI=1S/C11H21NO3/c1-2-3-4-5-11(15)12-7-10(14)6-9(12)8-13/h9-10,13-14H,2-8H2,1H3/t9-,10+/m0/s1. The highest BCUT2D eigenvalue weighted by Crippen LogP contribution is 2.19. The highest BCUT2D eigenvalue weighted by molar-refractivity contribution is 5.76. The van der Waals surface area contributed by atoms with Crippen molar-refractivity contribution in [1.82, 2.24) is 4.90 Å². The number of hydrogen-bond donors (Lipinski definition) is 2. The van der Waals surface area contributed by atoms with Gasteiger partial charge in [0, 0.05) is 13.0 Å². The van der Waals surface area contributed by atoms with Crippen molar-refractivity contribution in [1.29, 1.82) is 0 Å². The molecule has 2 atom stereocenters. The minimum atomic E-state index is -0.461. The zero-order valence-electron chi connectivity index (χ0n) is 9.35. The number of carbonyl (C=O) groups is 1. The van der Waals surface area contributed by atoms with Crippen molar-refractivity contribution < 1.29 is 15.0 Å². The quantitative estimate of drug-likeness (QED) is 0.657. The largest absolute Gasteiger partial charge is 0.394 e. The fourth-order valence-electron chi connectivity index (χ4n) is 2.04. The van der Waals surface area contributed by atoms with Crippen LogP contribution in [0.15, 0.2) is 0 Å². The first-order valence-electron chi connectivity index (χ1n) is 5.77. The Balaban J connectivity index is 2.37. The lowest BCUT2D eigenvalue weighted by molar-refractivity contribution is -0.133. The summed E-state index contributed by atoms with van der Waals surface area (Å²) < 4.78 is 0. The van der Waals surface area contributed by atoms with Gasteiger partial charge in [0.1, 0.15) is 0 Å². The second-order valence-electron chi connectivity index (χ2n) is 4.23. The molecule has 1 amide bonds. The lowest BCUT2D eigenvalue weighted by atomic mass is 10.1. The summed E-state index contributed by atoms with van der Waals surface area (Å²) in [5, 5.41) is 18.5. The van der Waals surface area contributed by atoms with Crippen molar-refractivity contribution in [3.63, 3.8) is 0 Å². The Kier molecular flexibility index (Phi) is 5.05. The van der Waals surface area contributed by atoms with Crippen molar-refractivity contribution in [2.24, 2.45) is 0 Å². The Bertz CT molecular complexity index is 208. The molecule has 1 heterocycles. The maximum atomic E-state index is 11.7. The minimum Gasteiger partial charge on any atom is -0.394 e. The average molecular weight is 215 g/mol. The number of β-amino-alcohol motifs (C(OH)–C–C–N with tert-alkyl or cyclic N) is 1. The summed E-state index contributed by atoms with van der Waals surface area (Å²) in [6.07, 6.45) is 3.65. The molecule has 1 aliphatic heterocycles. The van der Waals surface area contributed by atoms with E-state index in [9.17, 15) is 9.90 Å². The van der Waals surface area contributed by atoms with Crippen LogP contribution in [0, 0.1) is 0 Å². The smallest absolute Gasteiger partial charge is 0.222 e. The topological polar surface area (TPSA) is 60.8 Å². The van der Waals surface area contributed by atoms with E-state index in [0.29, 0.717) is 19.4 Å². The number of hydrogen-bond acceptors (Lipinski definition) is 3. The van der Waals surface area contributed by atoms with Crippen LogP contribution in [0.25, 0.3) is 0 Å². The molecule has 4 heteroatoms. The van der Waals surface area contributed by atoms with Gasteiger partial charge in [0.25, 0.3) is 0 Å². The first-order chi connectivity index (χ1) is 7.19. The zero-order chi connectivity index (χ0) is 11.3. The Morgan fingerprint density at radius 3 is 2.80 bits per heavy atom. The molecule has 0 aromatic carbocycles. The summed E-state index contributed by atoms with van der Waals surface area (Å²) in [6.45, 7) is 2.44. The normalized spacial score (nSPS) is 25.9. The van der Waals surface area contributed by atoms with E-state index >= 15 is 0 Å². The van der Waals surface area contributed by atoms with E-state index in [4.69, 9.17) is 5.11 Å². The van der Waals surface area contributed by atoms with Gasteiger partial charge in [-0.3, -0.25) is 4.79 Å². The third-order valence-electron chi connectivity index (χ3n) is 2.92. The monoisotopic (exact) mass is 215 g/mol. The van der Waals surface area contributed by atoms with E-state index in [0.717, 1.165) is 19.3 Å². The molecule has 0 bridgehead atoms. The van der Waals surface area contributed by atoms with Gasteiger partial charge in [-0.15, -0.1) is 0 Å². The Hall–Kier alpha value is -0.610. The first-order valence-corrected chi connectivity index (χ1v) is 5.77. The van der Waals surface area contributed by atoms with Crippen molar-refractivity contribution in [2.75, 3.05) is 13.2 Å². The van der Waals surface area contributed by atoms with Crippen LogP contribution < -0.4 is 0 Å². The summed E-state index contributed by atoms with van der Waals surface area (Å²) >= 11 is 0. The molecule has 0 saturated carbocycles. The van der Waals surface area contributed by atoms with E-state index in [1.54, 1.807) is 4.90 Å². The molecule has 1 saturated heterocycles. The molecule has 2 N–H and O–H groups in total. The molecule has 1 rings (SSSR count). The predicted octanol–water partition coefficient (Wildman–Crippen LogP) is 0.521. The predicted molar refractivity (Wildman–Crippen MR) is 57.4 cm³/mol. The number of rotatable bonds is 5. The number of unbranched alkanes of at least 4 members (excludes halogenated alkanes) is 2. The molecule has 0 spiro atoms. The molecule has 0 radical (unpaired) electrons. The Labute approximate surface area is 90.9 Å². The summed E-state index contributed by atoms with van der Waals surface area (Å²) in [5.74, 6) is 0.0686. The highest BCUT2D eigenvalue weighted by Gasteiger charge is 2.33. The van der Waals surface area contributed by atoms with Gasteiger partial charge in [-0.05, 0) is 12.8 Å². The fourth-order valence-corrected chi connectivity index (χ4v) is 2.04. The van der Waals surface area contributed by atoms with Crippen molar-refractivity contribution in [2.45, 2.75) is 51.2 Å².